The van der Waals surface area contributed by atoms with E-state index in [-0.39, 0.29) is 11.8 Å². The highest BCUT2D eigenvalue weighted by molar-refractivity contribution is 6.08. The first-order valence-corrected chi connectivity index (χ1v) is 15.6. The van der Waals surface area contributed by atoms with E-state index in [2.05, 4.69) is 27.2 Å². The maximum absolute atomic E-state index is 13.5. The van der Waals surface area contributed by atoms with Crippen LogP contribution < -0.4 is 19.9 Å². The number of nitrogens with one attached hydrogen (secondary N) is 1. The molecule has 0 radical (unpaired) electrons. The molecule has 2 aliphatic heterocycles. The number of ether oxygens (including phenoxy) is 1. The fourth-order valence-electron chi connectivity index (χ4n) is 6.32. The summed E-state index contributed by atoms with van der Waals surface area (Å²) in [7, 11) is 1.75. The van der Waals surface area contributed by atoms with Crippen LogP contribution >= 0.6 is 0 Å². The molecule has 0 unspecified atom stereocenters. The molecule has 2 aliphatic rings. The Balaban J connectivity index is 1.13. The minimum absolute atomic E-state index is 0.183. The van der Waals surface area contributed by atoms with Crippen molar-refractivity contribution in [2.45, 2.75) is 45.1 Å². The largest absolute Gasteiger partial charge is 0.469 e. The van der Waals surface area contributed by atoms with Gasteiger partial charge in [0.1, 0.15) is 5.76 Å². The van der Waals surface area contributed by atoms with Gasteiger partial charge in [0.15, 0.2) is 11.5 Å². The molecule has 0 spiro atoms. The Morgan fingerprint density at radius 2 is 1.52 bits per heavy atom. The summed E-state index contributed by atoms with van der Waals surface area (Å²) in [6.45, 7) is 6.21. The highest BCUT2D eigenvalue weighted by atomic mass is 16.5. The number of carbonyl (C=O) groups excluding carboxylic acids is 2. The molecule has 2 fully saturated rings. The van der Waals surface area contributed by atoms with Crippen LogP contribution in [0.4, 0.5) is 17.1 Å². The van der Waals surface area contributed by atoms with E-state index in [0.29, 0.717) is 40.1 Å². The van der Waals surface area contributed by atoms with Crippen LogP contribution in [0.25, 0.3) is 0 Å². The fraction of sp³-hybridized carbons (Fsp3) is 0.333. The number of piperidine rings is 2. The molecular formula is C36H40N4O4. The number of amides is 2. The van der Waals surface area contributed by atoms with E-state index in [1.807, 2.05) is 36.4 Å². The molecule has 3 heterocycles. The number of para-hydroxylation sites is 4. The van der Waals surface area contributed by atoms with Gasteiger partial charge < -0.3 is 29.2 Å². The molecule has 0 aliphatic carbocycles. The van der Waals surface area contributed by atoms with Crippen LogP contribution in [0, 0.1) is 6.92 Å². The number of benzene rings is 3. The van der Waals surface area contributed by atoms with Crippen LogP contribution in [0.2, 0.25) is 0 Å². The van der Waals surface area contributed by atoms with Crippen molar-refractivity contribution in [2.24, 2.45) is 0 Å². The SMILES string of the molecule is Cc1occc1C(=O)Nc1ccc(C(=O)N(C)c2ccccc2Oc2ccccc2N2CCC(N3CCCCC3)CC2)cc1. The molecule has 2 saturated heterocycles. The maximum Gasteiger partial charge on any atom is 0.259 e. The van der Waals surface area contributed by atoms with Crippen molar-refractivity contribution in [3.05, 3.63) is 102 Å². The Morgan fingerprint density at radius 1 is 0.841 bits per heavy atom. The molecule has 6 rings (SSSR count). The van der Waals surface area contributed by atoms with E-state index in [4.69, 9.17) is 9.15 Å². The minimum Gasteiger partial charge on any atom is -0.469 e. The molecule has 228 valence electrons. The first-order valence-electron chi connectivity index (χ1n) is 15.6. The number of hydrogen-bond acceptors (Lipinski definition) is 6. The van der Waals surface area contributed by atoms with E-state index in [1.54, 1.807) is 49.2 Å². The van der Waals surface area contributed by atoms with Gasteiger partial charge in [-0.3, -0.25) is 9.59 Å². The molecule has 0 bridgehead atoms. The summed E-state index contributed by atoms with van der Waals surface area (Å²) < 4.78 is 11.8. The summed E-state index contributed by atoms with van der Waals surface area (Å²) in [5, 5.41) is 2.85. The van der Waals surface area contributed by atoms with Crippen molar-refractivity contribution < 1.29 is 18.7 Å². The second kappa shape index (κ2) is 13.4. The zero-order chi connectivity index (χ0) is 30.5. The van der Waals surface area contributed by atoms with E-state index < -0.39 is 0 Å². The molecule has 4 aromatic rings. The average molecular weight is 593 g/mol. The van der Waals surface area contributed by atoms with Gasteiger partial charge in [-0.15, -0.1) is 0 Å². The zero-order valence-corrected chi connectivity index (χ0v) is 25.5. The topological polar surface area (TPSA) is 78.3 Å². The number of carbonyl (C=O) groups is 2. The predicted molar refractivity (Wildman–Crippen MR) is 174 cm³/mol. The van der Waals surface area contributed by atoms with Crippen LogP contribution in [0.5, 0.6) is 11.5 Å². The molecule has 0 atom stereocenters. The van der Waals surface area contributed by atoms with Gasteiger partial charge in [0.05, 0.1) is 23.2 Å². The first kappa shape index (κ1) is 29.5. The molecule has 1 aromatic heterocycles. The lowest BCUT2D eigenvalue weighted by Gasteiger charge is -2.41. The monoisotopic (exact) mass is 592 g/mol. The summed E-state index contributed by atoms with van der Waals surface area (Å²) in [6.07, 6.45) is 7.82. The summed E-state index contributed by atoms with van der Waals surface area (Å²) >= 11 is 0. The zero-order valence-electron chi connectivity index (χ0n) is 25.5. The van der Waals surface area contributed by atoms with Crippen LogP contribution in [0.3, 0.4) is 0 Å². The smallest absolute Gasteiger partial charge is 0.259 e. The minimum atomic E-state index is -0.259. The standard InChI is InChI=1S/C36H40N4O4/c1-26-30(20-25-43-26)35(41)37-28-16-14-27(15-17-28)36(42)38(2)31-10-4-6-12-33(31)44-34-13-7-5-11-32(34)40-23-18-29(19-24-40)39-21-8-3-9-22-39/h4-7,10-17,20,25,29H,3,8-9,18-19,21-24H2,1-2H3,(H,37,41). The normalized spacial score (nSPS) is 16.0. The number of rotatable bonds is 8. The molecule has 0 saturated carbocycles. The lowest BCUT2D eigenvalue weighted by Crippen LogP contribution is -2.46. The second-order valence-electron chi connectivity index (χ2n) is 11.6. The molecule has 8 heteroatoms. The van der Waals surface area contributed by atoms with Crippen LogP contribution in [0.1, 0.15) is 58.6 Å². The molecule has 44 heavy (non-hydrogen) atoms. The van der Waals surface area contributed by atoms with Gasteiger partial charge in [0.25, 0.3) is 11.8 Å². The van der Waals surface area contributed by atoms with E-state index in [9.17, 15) is 9.59 Å². The van der Waals surface area contributed by atoms with Gasteiger partial charge in [-0.2, -0.15) is 0 Å². The first-order chi connectivity index (χ1) is 21.5. The van der Waals surface area contributed by atoms with Crippen LogP contribution in [-0.4, -0.2) is 56.0 Å². The lowest BCUT2D eigenvalue weighted by atomic mass is 9.99. The summed E-state index contributed by atoms with van der Waals surface area (Å²) in [4.78, 5) is 32.8. The van der Waals surface area contributed by atoms with E-state index in [0.717, 1.165) is 37.4 Å². The second-order valence-corrected chi connectivity index (χ2v) is 11.6. The molecular weight excluding hydrogens is 552 g/mol. The Bertz CT molecular complexity index is 1580. The van der Waals surface area contributed by atoms with Gasteiger partial charge in [-0.1, -0.05) is 30.7 Å². The van der Waals surface area contributed by atoms with Crippen molar-refractivity contribution in [2.75, 3.05) is 48.3 Å². The number of hydrogen-bond donors (Lipinski definition) is 1. The Morgan fingerprint density at radius 3 is 2.23 bits per heavy atom. The van der Waals surface area contributed by atoms with Gasteiger partial charge in [0.2, 0.25) is 0 Å². The number of anilines is 3. The quantitative estimate of drug-likeness (QED) is 0.230. The number of likely N-dealkylation sites (tertiary alicyclic amines) is 1. The lowest BCUT2D eigenvalue weighted by molar-refractivity contribution is 0.0991. The molecule has 3 aromatic carbocycles. The third-order valence-corrected chi connectivity index (χ3v) is 8.82. The third-order valence-electron chi connectivity index (χ3n) is 8.82. The van der Waals surface area contributed by atoms with Crippen molar-refractivity contribution in [3.8, 4) is 11.5 Å². The van der Waals surface area contributed by atoms with Crippen LogP contribution in [-0.2, 0) is 0 Å². The Labute approximate surface area is 259 Å². The van der Waals surface area contributed by atoms with Crippen LogP contribution in [0.15, 0.2) is 89.5 Å². The highest BCUT2D eigenvalue weighted by Crippen LogP contribution is 2.38. The van der Waals surface area contributed by atoms with Crippen molar-refractivity contribution in [1.29, 1.82) is 0 Å². The predicted octanol–water partition coefficient (Wildman–Crippen LogP) is 7.36. The number of aryl methyl sites for hydroxylation is 1. The number of nitrogens with zero attached hydrogens (tertiary/aromatic N) is 3. The maximum atomic E-state index is 13.5. The third kappa shape index (κ3) is 6.50. The Kier molecular flexibility index (Phi) is 8.98. The summed E-state index contributed by atoms with van der Waals surface area (Å²) in [6, 6.07) is 25.0. The van der Waals surface area contributed by atoms with Gasteiger partial charge in [-0.25, -0.2) is 0 Å². The van der Waals surface area contributed by atoms with Crippen molar-refractivity contribution in [1.82, 2.24) is 4.90 Å². The molecule has 1 N–H and O–H groups in total. The Hall–Kier alpha value is -4.56. The fourth-order valence-corrected chi connectivity index (χ4v) is 6.32. The van der Waals surface area contributed by atoms with Crippen molar-refractivity contribution >= 4 is 28.9 Å². The molecule has 8 nitrogen and oxygen atoms in total. The van der Waals surface area contributed by atoms with Gasteiger partial charge >= 0.3 is 0 Å². The van der Waals surface area contributed by atoms with Gasteiger partial charge in [0, 0.05) is 37.4 Å². The average Bonchev–Trinajstić information content (AvgIpc) is 3.51. The van der Waals surface area contributed by atoms with Gasteiger partial charge in [-0.05, 0) is 100 Å². The molecule has 2 amide bonds. The summed E-state index contributed by atoms with van der Waals surface area (Å²) in [5.74, 6) is 1.50. The van der Waals surface area contributed by atoms with E-state index in [1.165, 1.54) is 38.6 Å². The number of furan rings is 1. The van der Waals surface area contributed by atoms with Crippen molar-refractivity contribution in [3.63, 3.8) is 0 Å². The highest BCUT2D eigenvalue weighted by Gasteiger charge is 2.27. The summed E-state index contributed by atoms with van der Waals surface area (Å²) in [5.41, 5.74) is 3.32. The van der Waals surface area contributed by atoms with E-state index >= 15 is 0 Å².